The van der Waals surface area contributed by atoms with E-state index in [4.69, 9.17) is 34.8 Å². The first kappa shape index (κ1) is 15.2. The molecule has 20 heavy (non-hydrogen) atoms. The number of pyridine rings is 1. The first-order chi connectivity index (χ1) is 9.29. The first-order valence-electron chi connectivity index (χ1n) is 5.12. The van der Waals surface area contributed by atoms with Crippen molar-refractivity contribution in [1.29, 1.82) is 0 Å². The average molecular weight is 354 g/mol. The lowest BCUT2D eigenvalue weighted by Crippen LogP contribution is -2.15. The molecule has 0 saturated carbocycles. The van der Waals surface area contributed by atoms with Crippen LogP contribution in [0.25, 0.3) is 0 Å². The van der Waals surface area contributed by atoms with Gasteiger partial charge in [0.2, 0.25) is 5.28 Å². The van der Waals surface area contributed by atoms with Crippen molar-refractivity contribution in [2.75, 3.05) is 4.72 Å². The van der Waals surface area contributed by atoms with Crippen LogP contribution in [0.2, 0.25) is 15.3 Å². The summed E-state index contributed by atoms with van der Waals surface area (Å²) in [6.45, 7) is 1.63. The highest BCUT2D eigenvalue weighted by atomic mass is 35.5. The summed E-state index contributed by atoms with van der Waals surface area (Å²) < 4.78 is 26.4. The van der Waals surface area contributed by atoms with Crippen LogP contribution < -0.4 is 4.72 Å². The van der Waals surface area contributed by atoms with Crippen molar-refractivity contribution in [1.82, 2.24) is 15.0 Å². The van der Waals surface area contributed by atoms with Crippen LogP contribution in [-0.4, -0.2) is 23.4 Å². The summed E-state index contributed by atoms with van der Waals surface area (Å²) >= 11 is 17.2. The van der Waals surface area contributed by atoms with Gasteiger partial charge in [-0.15, -0.1) is 0 Å². The van der Waals surface area contributed by atoms with Crippen molar-refractivity contribution < 1.29 is 8.42 Å². The molecule has 0 radical (unpaired) electrons. The quantitative estimate of drug-likeness (QED) is 0.858. The van der Waals surface area contributed by atoms with E-state index < -0.39 is 10.0 Å². The van der Waals surface area contributed by atoms with Gasteiger partial charge in [0.15, 0.2) is 5.82 Å². The van der Waals surface area contributed by atoms with Crippen molar-refractivity contribution in [3.8, 4) is 0 Å². The molecule has 0 bridgehead atoms. The largest absolute Gasteiger partial charge is 0.266 e. The van der Waals surface area contributed by atoms with Gasteiger partial charge in [0.25, 0.3) is 10.0 Å². The number of aryl methyl sites for hydroxylation is 1. The van der Waals surface area contributed by atoms with Gasteiger partial charge in [-0.05, 0) is 24.6 Å². The van der Waals surface area contributed by atoms with Crippen LogP contribution in [0, 0.1) is 6.92 Å². The number of hydrogen-bond acceptors (Lipinski definition) is 5. The maximum absolute atomic E-state index is 12.1. The second-order valence-electron chi connectivity index (χ2n) is 3.68. The average Bonchev–Trinajstić information content (AvgIpc) is 2.36. The summed E-state index contributed by atoms with van der Waals surface area (Å²) in [5.74, 6) is -0.0245. The first-order valence-corrected chi connectivity index (χ1v) is 7.74. The zero-order chi connectivity index (χ0) is 14.9. The molecular weight excluding hydrogens is 347 g/mol. The maximum Gasteiger partial charge on any atom is 0.266 e. The van der Waals surface area contributed by atoms with Gasteiger partial charge >= 0.3 is 0 Å². The number of nitrogens with zero attached hydrogens (tertiary/aromatic N) is 3. The highest BCUT2D eigenvalue weighted by molar-refractivity contribution is 7.92. The van der Waals surface area contributed by atoms with Crippen LogP contribution in [0.1, 0.15) is 5.69 Å². The van der Waals surface area contributed by atoms with Crippen LogP contribution in [-0.2, 0) is 10.0 Å². The van der Waals surface area contributed by atoms with Gasteiger partial charge in [-0.25, -0.2) is 23.4 Å². The topological polar surface area (TPSA) is 84.8 Å². The molecule has 6 nitrogen and oxygen atoms in total. The van der Waals surface area contributed by atoms with Gasteiger partial charge in [0.1, 0.15) is 4.90 Å². The molecular formula is C10H7Cl3N4O2S. The van der Waals surface area contributed by atoms with E-state index >= 15 is 0 Å². The Morgan fingerprint density at radius 3 is 2.30 bits per heavy atom. The van der Waals surface area contributed by atoms with E-state index in [1.54, 1.807) is 6.92 Å². The fourth-order valence-corrected chi connectivity index (χ4v) is 2.73. The van der Waals surface area contributed by atoms with Gasteiger partial charge in [-0.2, -0.15) is 0 Å². The molecule has 0 aliphatic carbocycles. The predicted molar refractivity (Wildman–Crippen MR) is 76.8 cm³/mol. The smallest absolute Gasteiger partial charge is 0.262 e. The van der Waals surface area contributed by atoms with Crippen molar-refractivity contribution >= 4 is 50.6 Å². The highest BCUT2D eigenvalue weighted by Gasteiger charge is 2.18. The minimum absolute atomic E-state index is 0.0245. The Morgan fingerprint density at radius 2 is 1.70 bits per heavy atom. The van der Waals surface area contributed by atoms with E-state index in [9.17, 15) is 8.42 Å². The molecule has 0 aliphatic heterocycles. The summed E-state index contributed by atoms with van der Waals surface area (Å²) in [6.07, 6.45) is 2.16. The van der Waals surface area contributed by atoms with E-state index in [0.29, 0.717) is 10.7 Å². The molecule has 0 amide bonds. The van der Waals surface area contributed by atoms with Crippen molar-refractivity contribution in [3.63, 3.8) is 0 Å². The van der Waals surface area contributed by atoms with E-state index in [0.717, 1.165) is 12.4 Å². The molecule has 10 heteroatoms. The zero-order valence-corrected chi connectivity index (χ0v) is 13.0. The fraction of sp³-hybridized carbons (Fsp3) is 0.100. The van der Waals surface area contributed by atoms with Crippen LogP contribution in [0.15, 0.2) is 23.4 Å². The number of rotatable bonds is 3. The minimum atomic E-state index is -3.91. The van der Waals surface area contributed by atoms with E-state index in [2.05, 4.69) is 19.7 Å². The zero-order valence-electron chi connectivity index (χ0n) is 9.93. The molecule has 2 aromatic heterocycles. The molecule has 106 valence electrons. The van der Waals surface area contributed by atoms with Gasteiger partial charge in [-0.3, -0.25) is 4.72 Å². The van der Waals surface area contributed by atoms with Gasteiger partial charge in [-0.1, -0.05) is 23.2 Å². The molecule has 0 fully saturated rings. The Morgan fingerprint density at radius 1 is 1.10 bits per heavy atom. The summed E-state index contributed by atoms with van der Waals surface area (Å²) in [5.41, 5.74) is 0.445. The van der Waals surface area contributed by atoms with Crippen LogP contribution in [0.5, 0.6) is 0 Å². The number of halogens is 3. The van der Waals surface area contributed by atoms with Gasteiger partial charge in [0.05, 0.1) is 28.1 Å². The summed E-state index contributed by atoms with van der Waals surface area (Å²) in [6, 6.07) is 1.40. The molecule has 0 spiro atoms. The molecule has 0 aromatic carbocycles. The van der Waals surface area contributed by atoms with Crippen molar-refractivity contribution in [3.05, 3.63) is 39.5 Å². The SMILES string of the molecule is Cc1nc(NS(=O)(=O)c2cnc(Cl)nc2)c(Cl)cc1Cl. The number of sulfonamides is 1. The van der Waals surface area contributed by atoms with Crippen molar-refractivity contribution in [2.24, 2.45) is 0 Å². The molecule has 1 N–H and O–H groups in total. The second kappa shape index (κ2) is 5.69. The lowest BCUT2D eigenvalue weighted by Gasteiger charge is -2.09. The highest BCUT2D eigenvalue weighted by Crippen LogP contribution is 2.27. The van der Waals surface area contributed by atoms with E-state index in [-0.39, 0.29) is 21.0 Å². The number of anilines is 1. The summed E-state index contributed by atoms with van der Waals surface area (Å²) in [5, 5.41) is 0.370. The van der Waals surface area contributed by atoms with Gasteiger partial charge in [0, 0.05) is 0 Å². The molecule has 0 aliphatic rings. The Labute approximate surface area is 130 Å². The molecule has 0 saturated heterocycles. The fourth-order valence-electron chi connectivity index (χ4n) is 1.26. The van der Waals surface area contributed by atoms with Crippen LogP contribution in [0.3, 0.4) is 0 Å². The number of hydrogen-bond donors (Lipinski definition) is 1. The lowest BCUT2D eigenvalue weighted by molar-refractivity contribution is 0.600. The molecule has 2 heterocycles. The lowest BCUT2D eigenvalue weighted by atomic mass is 10.4. The Balaban J connectivity index is 2.38. The molecule has 2 rings (SSSR count). The van der Waals surface area contributed by atoms with Crippen LogP contribution >= 0.6 is 34.8 Å². The normalized spacial score (nSPS) is 11.4. The monoisotopic (exact) mass is 352 g/mol. The minimum Gasteiger partial charge on any atom is -0.262 e. The summed E-state index contributed by atoms with van der Waals surface area (Å²) in [7, 11) is -3.91. The van der Waals surface area contributed by atoms with E-state index in [1.165, 1.54) is 6.07 Å². The Bertz CT molecular complexity index is 750. The molecule has 2 aromatic rings. The molecule has 0 unspecified atom stereocenters. The third-order valence-corrected chi connectivity index (χ3v) is 4.40. The maximum atomic E-state index is 12.1. The predicted octanol–water partition coefficient (Wildman–Crippen LogP) is 2.94. The van der Waals surface area contributed by atoms with Gasteiger partial charge < -0.3 is 0 Å². The second-order valence-corrected chi connectivity index (χ2v) is 6.51. The van der Waals surface area contributed by atoms with Crippen LogP contribution in [0.4, 0.5) is 5.82 Å². The third kappa shape index (κ3) is 3.29. The van der Waals surface area contributed by atoms with Crippen molar-refractivity contribution in [2.45, 2.75) is 11.8 Å². The summed E-state index contributed by atoms with van der Waals surface area (Å²) in [4.78, 5) is 11.0. The molecule has 0 atom stereocenters. The number of nitrogens with one attached hydrogen (secondary N) is 1. The standard InChI is InChI=1S/C10H7Cl3N4O2S/c1-5-7(11)2-8(12)9(16-5)17-20(18,19)6-3-14-10(13)15-4-6/h2-4H,1H3,(H,16,17). The number of aromatic nitrogens is 3. The third-order valence-electron chi connectivity index (χ3n) is 2.24. The Kier molecular flexibility index (Phi) is 4.33. The van der Waals surface area contributed by atoms with E-state index in [1.807, 2.05) is 0 Å². The Hall–Kier alpha value is -1.15.